The molecule has 1 aromatic rings. The zero-order valence-electron chi connectivity index (χ0n) is 10.5. The summed E-state index contributed by atoms with van der Waals surface area (Å²) in [4.78, 5) is 12.2. The Bertz CT molecular complexity index is 516. The molecule has 2 rings (SSSR count). The average Bonchev–Trinajstić information content (AvgIpc) is 2.42. The smallest absolute Gasteiger partial charge is 0.227 e. The molecule has 0 unspecified atom stereocenters. The van der Waals surface area contributed by atoms with E-state index in [1.54, 1.807) is 0 Å². The van der Waals surface area contributed by atoms with Crippen LogP contribution in [0.5, 0.6) is 0 Å². The maximum Gasteiger partial charge on any atom is 0.227 e. The van der Waals surface area contributed by atoms with Gasteiger partial charge in [0, 0.05) is 10.4 Å². The van der Waals surface area contributed by atoms with Gasteiger partial charge in [0.2, 0.25) is 5.91 Å². The van der Waals surface area contributed by atoms with Crippen molar-refractivity contribution in [1.82, 2.24) is 0 Å². The first-order valence-electron chi connectivity index (χ1n) is 6.30. The third-order valence-corrected chi connectivity index (χ3v) is 4.29. The molecular formula is C14H16BrN3O. The molecule has 100 valence electrons. The quantitative estimate of drug-likeness (QED) is 0.879. The van der Waals surface area contributed by atoms with Crippen molar-refractivity contribution in [2.75, 3.05) is 5.32 Å². The van der Waals surface area contributed by atoms with Gasteiger partial charge in [-0.3, -0.25) is 4.79 Å². The molecule has 0 bridgehead atoms. The van der Waals surface area contributed by atoms with Crippen molar-refractivity contribution in [3.63, 3.8) is 0 Å². The fraction of sp³-hybridized carbons (Fsp3) is 0.429. The van der Waals surface area contributed by atoms with Crippen LogP contribution in [0.2, 0.25) is 0 Å². The number of hydrogen-bond acceptors (Lipinski definition) is 3. The van der Waals surface area contributed by atoms with E-state index >= 15 is 0 Å². The topological polar surface area (TPSA) is 78.9 Å². The summed E-state index contributed by atoms with van der Waals surface area (Å²) in [5, 5.41) is 11.9. The lowest BCUT2D eigenvalue weighted by molar-refractivity contribution is -0.121. The number of anilines is 1. The molecule has 19 heavy (non-hydrogen) atoms. The fourth-order valence-corrected chi connectivity index (χ4v) is 2.69. The minimum atomic E-state index is -0.746. The van der Waals surface area contributed by atoms with Gasteiger partial charge in [-0.2, -0.15) is 5.26 Å². The second kappa shape index (κ2) is 5.72. The van der Waals surface area contributed by atoms with E-state index in [4.69, 9.17) is 11.0 Å². The highest BCUT2D eigenvalue weighted by atomic mass is 79.9. The van der Waals surface area contributed by atoms with E-state index in [0.29, 0.717) is 25.7 Å². The number of para-hydroxylation sites is 1. The highest BCUT2D eigenvalue weighted by Crippen LogP contribution is 2.31. The Morgan fingerprint density at radius 3 is 2.63 bits per heavy atom. The Balaban J connectivity index is 1.96. The minimum Gasteiger partial charge on any atom is -0.325 e. The van der Waals surface area contributed by atoms with Crippen LogP contribution in [-0.4, -0.2) is 11.4 Å². The predicted molar refractivity (Wildman–Crippen MR) is 77.3 cm³/mol. The molecular weight excluding hydrogens is 306 g/mol. The van der Waals surface area contributed by atoms with Crippen LogP contribution in [0.3, 0.4) is 0 Å². The molecule has 0 spiro atoms. The Labute approximate surface area is 121 Å². The molecule has 0 aromatic heterocycles. The Hall–Kier alpha value is -1.38. The number of rotatable bonds is 2. The lowest BCUT2D eigenvalue weighted by Crippen LogP contribution is -2.43. The highest BCUT2D eigenvalue weighted by Gasteiger charge is 2.34. The first-order chi connectivity index (χ1) is 9.04. The third-order valence-electron chi connectivity index (χ3n) is 3.60. The molecule has 1 amide bonds. The molecule has 1 aromatic carbocycles. The van der Waals surface area contributed by atoms with Gasteiger partial charge in [0.05, 0.1) is 11.8 Å². The fourth-order valence-electron chi connectivity index (χ4n) is 2.30. The van der Waals surface area contributed by atoms with Crippen molar-refractivity contribution in [1.29, 1.82) is 5.26 Å². The summed E-state index contributed by atoms with van der Waals surface area (Å²) in [7, 11) is 0. The monoisotopic (exact) mass is 321 g/mol. The summed E-state index contributed by atoms with van der Waals surface area (Å²) in [5.74, 6) is -0.0518. The normalized spacial score (nSPS) is 26.5. The van der Waals surface area contributed by atoms with Crippen molar-refractivity contribution in [3.8, 4) is 6.07 Å². The van der Waals surface area contributed by atoms with Crippen LogP contribution >= 0.6 is 15.9 Å². The second-order valence-electron chi connectivity index (χ2n) is 5.01. The van der Waals surface area contributed by atoms with E-state index in [2.05, 4.69) is 27.3 Å². The van der Waals surface area contributed by atoms with Crippen molar-refractivity contribution in [2.45, 2.75) is 31.2 Å². The van der Waals surface area contributed by atoms with Crippen LogP contribution in [0.15, 0.2) is 28.7 Å². The molecule has 4 nitrogen and oxygen atoms in total. The maximum absolute atomic E-state index is 12.2. The van der Waals surface area contributed by atoms with Gasteiger partial charge in [0.1, 0.15) is 5.54 Å². The second-order valence-corrected chi connectivity index (χ2v) is 5.87. The lowest BCUT2D eigenvalue weighted by atomic mass is 9.77. The molecule has 0 radical (unpaired) electrons. The Morgan fingerprint density at radius 2 is 2.05 bits per heavy atom. The summed E-state index contributed by atoms with van der Waals surface area (Å²) in [6.45, 7) is 0. The zero-order chi connectivity index (χ0) is 13.9. The third kappa shape index (κ3) is 3.34. The maximum atomic E-state index is 12.2. The van der Waals surface area contributed by atoms with Gasteiger partial charge in [-0.05, 0) is 53.7 Å². The number of nitriles is 1. The predicted octanol–water partition coefficient (Wildman–Crippen LogP) is 2.80. The molecule has 0 heterocycles. The largest absolute Gasteiger partial charge is 0.325 e. The molecule has 0 atom stereocenters. The summed E-state index contributed by atoms with van der Waals surface area (Å²) in [6.07, 6.45) is 2.50. The van der Waals surface area contributed by atoms with Crippen LogP contribution in [0, 0.1) is 17.2 Å². The molecule has 0 saturated heterocycles. The minimum absolute atomic E-state index is 0.00638. The van der Waals surface area contributed by atoms with E-state index < -0.39 is 5.54 Å². The number of halogens is 1. The van der Waals surface area contributed by atoms with Gasteiger partial charge in [-0.25, -0.2) is 0 Å². The van der Waals surface area contributed by atoms with E-state index in [1.807, 2.05) is 24.3 Å². The number of benzene rings is 1. The number of nitrogens with zero attached hydrogens (tertiary/aromatic N) is 1. The molecule has 3 N–H and O–H groups in total. The number of nitrogens with two attached hydrogens (primary N) is 1. The van der Waals surface area contributed by atoms with Crippen LogP contribution < -0.4 is 11.1 Å². The lowest BCUT2D eigenvalue weighted by Gasteiger charge is -2.31. The molecule has 0 aliphatic heterocycles. The van der Waals surface area contributed by atoms with Crippen molar-refractivity contribution < 1.29 is 4.79 Å². The molecule has 1 saturated carbocycles. The van der Waals surface area contributed by atoms with Gasteiger partial charge in [-0.15, -0.1) is 0 Å². The Kier molecular flexibility index (Phi) is 4.23. The summed E-state index contributed by atoms with van der Waals surface area (Å²) in [5.41, 5.74) is 5.93. The number of nitrogens with one attached hydrogen (secondary N) is 1. The van der Waals surface area contributed by atoms with Crippen LogP contribution in [0.1, 0.15) is 25.7 Å². The van der Waals surface area contributed by atoms with E-state index in [-0.39, 0.29) is 11.8 Å². The van der Waals surface area contributed by atoms with E-state index in [1.165, 1.54) is 0 Å². The summed E-state index contributed by atoms with van der Waals surface area (Å²) >= 11 is 3.40. The van der Waals surface area contributed by atoms with Crippen LogP contribution in [-0.2, 0) is 4.79 Å². The molecule has 5 heteroatoms. The van der Waals surface area contributed by atoms with Crippen molar-refractivity contribution in [2.24, 2.45) is 11.7 Å². The average molecular weight is 322 g/mol. The number of amides is 1. The SMILES string of the molecule is N#CC1(N)CCC(C(=O)Nc2ccccc2Br)CC1. The molecule has 1 aliphatic carbocycles. The van der Waals surface area contributed by atoms with Crippen LogP contribution in [0.25, 0.3) is 0 Å². The first-order valence-corrected chi connectivity index (χ1v) is 7.09. The van der Waals surface area contributed by atoms with Gasteiger partial charge in [0.15, 0.2) is 0 Å². The van der Waals surface area contributed by atoms with E-state index in [0.717, 1.165) is 10.2 Å². The first kappa shape index (κ1) is 14.0. The Morgan fingerprint density at radius 1 is 1.42 bits per heavy atom. The number of carbonyl (C=O) groups is 1. The van der Waals surface area contributed by atoms with E-state index in [9.17, 15) is 4.79 Å². The number of carbonyl (C=O) groups excluding carboxylic acids is 1. The molecule has 1 aliphatic rings. The van der Waals surface area contributed by atoms with Crippen molar-refractivity contribution >= 4 is 27.5 Å². The van der Waals surface area contributed by atoms with Gasteiger partial charge in [0.25, 0.3) is 0 Å². The van der Waals surface area contributed by atoms with Gasteiger partial charge in [-0.1, -0.05) is 12.1 Å². The van der Waals surface area contributed by atoms with Crippen molar-refractivity contribution in [3.05, 3.63) is 28.7 Å². The summed E-state index contributed by atoms with van der Waals surface area (Å²) in [6, 6.07) is 9.65. The van der Waals surface area contributed by atoms with Gasteiger partial charge < -0.3 is 11.1 Å². The highest BCUT2D eigenvalue weighted by molar-refractivity contribution is 9.10. The number of hydrogen-bond donors (Lipinski definition) is 2. The zero-order valence-corrected chi connectivity index (χ0v) is 12.1. The standard InChI is InChI=1S/C14H16BrN3O/c15-11-3-1-2-4-12(11)18-13(19)10-5-7-14(17,9-16)8-6-10/h1-4,10H,5-8,17H2,(H,18,19). The molecule has 1 fully saturated rings. The van der Waals surface area contributed by atoms with Gasteiger partial charge >= 0.3 is 0 Å². The summed E-state index contributed by atoms with van der Waals surface area (Å²) < 4.78 is 0.865. The van der Waals surface area contributed by atoms with Crippen LogP contribution in [0.4, 0.5) is 5.69 Å².